The van der Waals surface area contributed by atoms with Crippen molar-refractivity contribution in [1.29, 1.82) is 5.41 Å². The number of ether oxygens (including phenoxy) is 4. The Morgan fingerprint density at radius 1 is 0.809 bits per heavy atom. The van der Waals surface area contributed by atoms with Crippen LogP contribution in [0.15, 0.2) is 108 Å². The second-order valence-electron chi connectivity index (χ2n) is 17.4. The fourth-order valence-electron chi connectivity index (χ4n) is 6.91. The highest BCUT2D eigenvalue weighted by Crippen LogP contribution is 2.29. The zero-order chi connectivity index (χ0) is 51.4. The standard InChI is InChI=1S/C53H86N4O9.CH2O/c1-11-28-44(63-35-12-2)43(9)56-50(61)41(7)33-26-18-16-14-15-17-25-32-40(6)48(65-52-47(60)45(58)46(59)49(66-52)51(62)64-36-13-3)42(8)37-39(5)31-24-21-23-30-38(4)29-22-19-20-27-34-57(10)53(54)55;1-2/h14-19,22-23,25-26,30,32-33,37-40,45-49,52,58-60H,11-13,20-21,24,27-29,31,34-36H2,1-10H3,(H3,54,55)(H,56,61);1H2/b16-14+,17-15+,22-19+,26-18+,30-23+,32-25+,41-33+,42-37+,44-43-;. The maximum absolute atomic E-state index is 12.8. The Labute approximate surface area is 409 Å². The summed E-state index contributed by atoms with van der Waals surface area (Å²) in [5.41, 5.74) is 7.70. The van der Waals surface area contributed by atoms with E-state index >= 15 is 0 Å². The third-order valence-corrected chi connectivity index (χ3v) is 10.9. The Morgan fingerprint density at radius 3 is 2.06 bits per heavy atom. The Hall–Kier alpha value is -4.86. The van der Waals surface area contributed by atoms with E-state index < -0.39 is 42.8 Å². The van der Waals surface area contributed by atoms with Crippen molar-refractivity contribution in [1.82, 2.24) is 10.2 Å². The number of rotatable bonds is 31. The normalized spacial score (nSPS) is 21.5. The van der Waals surface area contributed by atoms with E-state index in [0.29, 0.717) is 24.5 Å². The summed E-state index contributed by atoms with van der Waals surface area (Å²) in [5.74, 6) is 0.303. The van der Waals surface area contributed by atoms with Crippen LogP contribution in [0.4, 0.5) is 0 Å². The van der Waals surface area contributed by atoms with E-state index in [0.717, 1.165) is 81.4 Å². The predicted molar refractivity (Wildman–Crippen MR) is 274 cm³/mol. The minimum absolute atomic E-state index is 0.0917. The first-order valence-corrected chi connectivity index (χ1v) is 24.3. The first-order valence-electron chi connectivity index (χ1n) is 24.3. The van der Waals surface area contributed by atoms with Crippen molar-refractivity contribution in [2.75, 3.05) is 26.8 Å². The van der Waals surface area contributed by atoms with Crippen LogP contribution >= 0.6 is 0 Å². The molecule has 0 bridgehead atoms. The SMILES string of the molecule is C=O.CCCOC(=O)C1OC(OC(/C(C)=C/C(C)CCC/C=C/C(C)C/C=C/CCCN(C)C(=N)N)C(C)/C=C/C=C/C=C/C=C/C=C(\C)C(=O)N/C(C)=C(/CCC)OCCC)C(O)C(O)C1O. The van der Waals surface area contributed by atoms with Crippen LogP contribution in [-0.2, 0) is 33.3 Å². The van der Waals surface area contributed by atoms with Gasteiger partial charge in [0.15, 0.2) is 18.4 Å². The van der Waals surface area contributed by atoms with Crippen LogP contribution in [0.5, 0.6) is 0 Å². The van der Waals surface area contributed by atoms with E-state index in [1.807, 2.05) is 84.1 Å². The number of allylic oxidation sites excluding steroid dienone is 15. The van der Waals surface area contributed by atoms with Crippen molar-refractivity contribution >= 4 is 24.6 Å². The third-order valence-electron chi connectivity index (χ3n) is 10.9. The molecule has 14 heteroatoms. The van der Waals surface area contributed by atoms with E-state index in [4.69, 9.17) is 34.9 Å². The van der Waals surface area contributed by atoms with Gasteiger partial charge in [0.1, 0.15) is 30.9 Å². The molecule has 68 heavy (non-hydrogen) atoms. The van der Waals surface area contributed by atoms with Gasteiger partial charge in [-0.05, 0) is 96.0 Å². The number of guanidine groups is 1. The first kappa shape index (κ1) is 63.1. The summed E-state index contributed by atoms with van der Waals surface area (Å²) >= 11 is 0. The molecule has 0 aliphatic carbocycles. The molecule has 7 N–H and O–H groups in total. The second kappa shape index (κ2) is 38.0. The van der Waals surface area contributed by atoms with Gasteiger partial charge in [-0.1, -0.05) is 127 Å². The van der Waals surface area contributed by atoms with Gasteiger partial charge in [0, 0.05) is 31.5 Å². The summed E-state index contributed by atoms with van der Waals surface area (Å²) in [6.45, 7) is 21.4. The molecule has 1 aliphatic rings. The maximum atomic E-state index is 12.8. The number of aliphatic hydroxyl groups is 3. The third kappa shape index (κ3) is 26.6. The van der Waals surface area contributed by atoms with Gasteiger partial charge >= 0.3 is 5.97 Å². The molecule has 1 rings (SSSR count). The van der Waals surface area contributed by atoms with E-state index in [2.05, 4.69) is 63.4 Å². The van der Waals surface area contributed by atoms with E-state index in [1.54, 1.807) is 24.0 Å². The molecule has 1 saturated heterocycles. The van der Waals surface area contributed by atoms with Gasteiger partial charge in [0.2, 0.25) is 0 Å². The van der Waals surface area contributed by atoms with Crippen molar-refractivity contribution in [3.8, 4) is 0 Å². The summed E-state index contributed by atoms with van der Waals surface area (Å²) in [7, 11) is 1.83. The molecule has 384 valence electrons. The molecule has 1 fully saturated rings. The van der Waals surface area contributed by atoms with Crippen molar-refractivity contribution in [2.45, 2.75) is 163 Å². The first-order chi connectivity index (χ1) is 32.5. The van der Waals surface area contributed by atoms with Crippen LogP contribution in [0, 0.1) is 23.2 Å². The molecule has 1 heterocycles. The molecule has 1 aliphatic heterocycles. The summed E-state index contributed by atoms with van der Waals surface area (Å²) in [6, 6.07) is 0. The quantitative estimate of drug-likeness (QED) is 0.00562. The molecule has 0 spiro atoms. The number of nitrogens with one attached hydrogen (secondary N) is 2. The van der Waals surface area contributed by atoms with Gasteiger partial charge in [-0.3, -0.25) is 10.2 Å². The lowest BCUT2D eigenvalue weighted by molar-refractivity contribution is -0.304. The van der Waals surface area contributed by atoms with Crippen LogP contribution in [-0.4, -0.2) is 108 Å². The average molecular weight is 953 g/mol. The van der Waals surface area contributed by atoms with Gasteiger partial charge in [-0.15, -0.1) is 0 Å². The summed E-state index contributed by atoms with van der Waals surface area (Å²) < 4.78 is 23.3. The Kier molecular flexibility index (Phi) is 35.3. The zero-order valence-electron chi connectivity index (χ0n) is 42.9. The zero-order valence-corrected chi connectivity index (χ0v) is 42.9. The van der Waals surface area contributed by atoms with Gasteiger partial charge < -0.3 is 55.0 Å². The highest BCUT2D eigenvalue weighted by molar-refractivity contribution is 5.94. The Bertz CT molecular complexity index is 1730. The lowest BCUT2D eigenvalue weighted by Gasteiger charge is -2.41. The molecule has 0 aromatic heterocycles. The van der Waals surface area contributed by atoms with Gasteiger partial charge in [-0.2, -0.15) is 0 Å². The fraction of sp³-hybridized carbons (Fsp3) is 0.593. The van der Waals surface area contributed by atoms with Crippen LogP contribution in [0.2, 0.25) is 0 Å². The number of carbonyl (C=O) groups is 3. The summed E-state index contributed by atoms with van der Waals surface area (Å²) in [4.78, 5) is 35.2. The number of amides is 1. The molecule has 1 amide bonds. The molecule has 0 saturated carbocycles. The van der Waals surface area contributed by atoms with Crippen molar-refractivity contribution in [3.63, 3.8) is 0 Å². The number of unbranched alkanes of at least 4 members (excludes halogenated alkanes) is 2. The highest BCUT2D eigenvalue weighted by Gasteiger charge is 2.49. The smallest absolute Gasteiger partial charge is 0.338 e. The largest absolute Gasteiger partial charge is 0.496 e. The molecule has 9 atom stereocenters. The van der Waals surface area contributed by atoms with Crippen LogP contribution in [0.25, 0.3) is 0 Å². The summed E-state index contributed by atoms with van der Waals surface area (Å²) in [6.07, 6.45) is 28.2. The molecule has 0 aromatic carbocycles. The summed E-state index contributed by atoms with van der Waals surface area (Å²) in [5, 5.41) is 42.7. The molecule has 0 aromatic rings. The number of nitrogens with zero attached hydrogens (tertiary/aromatic N) is 1. The average Bonchev–Trinajstić information content (AvgIpc) is 3.31. The Balaban J connectivity index is 0.0000221. The van der Waals surface area contributed by atoms with E-state index in [1.165, 1.54) is 0 Å². The molecule has 0 radical (unpaired) electrons. The second-order valence-corrected chi connectivity index (χ2v) is 17.4. The molecular weight excluding hydrogens is 865 g/mol. The number of hydrogen-bond acceptors (Lipinski definition) is 11. The van der Waals surface area contributed by atoms with Gasteiger partial charge in [0.05, 0.1) is 25.0 Å². The number of esters is 1. The Morgan fingerprint density at radius 2 is 1.43 bits per heavy atom. The minimum Gasteiger partial charge on any atom is -0.496 e. The maximum Gasteiger partial charge on any atom is 0.338 e. The number of aliphatic hydroxyl groups excluding tert-OH is 3. The molecular formula is C54H88N4O10. The minimum atomic E-state index is -1.69. The highest BCUT2D eigenvalue weighted by atomic mass is 16.7. The van der Waals surface area contributed by atoms with E-state index in [-0.39, 0.29) is 30.3 Å². The van der Waals surface area contributed by atoms with Crippen LogP contribution < -0.4 is 11.1 Å². The number of carbonyl (C=O) groups excluding carboxylic acids is 3. The number of nitrogens with two attached hydrogens (primary N) is 1. The van der Waals surface area contributed by atoms with Crippen LogP contribution in [0.1, 0.15) is 127 Å². The van der Waals surface area contributed by atoms with Gasteiger partial charge in [-0.25, -0.2) is 4.79 Å². The topological polar surface area (TPSA) is 214 Å². The fourth-order valence-corrected chi connectivity index (χ4v) is 6.91. The van der Waals surface area contributed by atoms with Crippen molar-refractivity contribution < 1.29 is 48.7 Å². The van der Waals surface area contributed by atoms with Crippen molar-refractivity contribution in [2.24, 2.45) is 23.5 Å². The van der Waals surface area contributed by atoms with E-state index in [9.17, 15) is 24.9 Å². The van der Waals surface area contributed by atoms with Gasteiger partial charge in [0.25, 0.3) is 5.91 Å². The molecule has 9 unspecified atom stereocenters. The number of hydrogen-bond donors (Lipinski definition) is 6. The lowest BCUT2D eigenvalue weighted by atomic mass is 9.92. The monoisotopic (exact) mass is 953 g/mol. The van der Waals surface area contributed by atoms with Crippen molar-refractivity contribution in [3.05, 3.63) is 108 Å². The molecule has 14 nitrogen and oxygen atoms in total. The predicted octanol–water partition coefficient (Wildman–Crippen LogP) is 8.83. The van der Waals surface area contributed by atoms with Crippen LogP contribution in [0.3, 0.4) is 0 Å². The lowest BCUT2D eigenvalue weighted by Crippen LogP contribution is -2.61.